The highest BCUT2D eigenvalue weighted by atomic mass is 35.5. The predicted octanol–water partition coefficient (Wildman–Crippen LogP) is 3.37. The number of anilines is 1. The van der Waals surface area contributed by atoms with E-state index in [-0.39, 0.29) is 23.6 Å². The van der Waals surface area contributed by atoms with Gasteiger partial charge in [0.25, 0.3) is 0 Å². The summed E-state index contributed by atoms with van der Waals surface area (Å²) in [6.07, 6.45) is 0.971. The molecule has 0 saturated carbocycles. The Balaban J connectivity index is 1.80. The Labute approximate surface area is 172 Å². The van der Waals surface area contributed by atoms with E-state index in [1.54, 1.807) is 18.4 Å². The monoisotopic (exact) mass is 442 g/mol. The second kappa shape index (κ2) is 8.60. The van der Waals surface area contributed by atoms with Crippen molar-refractivity contribution in [2.75, 3.05) is 18.5 Å². The summed E-state index contributed by atoms with van der Waals surface area (Å²) in [5.74, 6) is -1.00. The summed E-state index contributed by atoms with van der Waals surface area (Å²) in [5.41, 5.74) is 0.255. The number of nitrogens with one attached hydrogen (secondary N) is 1. The number of thiophene rings is 1. The molecule has 1 fully saturated rings. The van der Waals surface area contributed by atoms with Crippen LogP contribution in [0.4, 0.5) is 5.00 Å². The van der Waals surface area contributed by atoms with Gasteiger partial charge in [-0.25, -0.2) is 13.2 Å². The third kappa shape index (κ3) is 4.22. The molecule has 1 atom stereocenters. The zero-order chi connectivity index (χ0) is 20.3. The highest BCUT2D eigenvalue weighted by Crippen LogP contribution is 2.29. The molecule has 1 N–H and O–H groups in total. The van der Waals surface area contributed by atoms with Gasteiger partial charge in [0.05, 0.1) is 17.1 Å². The Morgan fingerprint density at radius 3 is 2.68 bits per heavy atom. The van der Waals surface area contributed by atoms with E-state index < -0.39 is 27.9 Å². The zero-order valence-corrected chi connectivity index (χ0v) is 17.4. The Kier molecular flexibility index (Phi) is 6.39. The molecule has 1 aliphatic rings. The van der Waals surface area contributed by atoms with Gasteiger partial charge in [-0.15, -0.1) is 11.3 Å². The lowest BCUT2D eigenvalue weighted by Gasteiger charge is -2.23. The van der Waals surface area contributed by atoms with E-state index in [1.165, 1.54) is 39.9 Å². The zero-order valence-electron chi connectivity index (χ0n) is 15.1. The Morgan fingerprint density at radius 1 is 1.29 bits per heavy atom. The number of carbonyl (C=O) groups is 2. The maximum Gasteiger partial charge on any atom is 0.341 e. The molecule has 1 unspecified atom stereocenters. The highest BCUT2D eigenvalue weighted by molar-refractivity contribution is 7.89. The van der Waals surface area contributed by atoms with E-state index >= 15 is 0 Å². The molecule has 0 radical (unpaired) electrons. The molecule has 7 nitrogen and oxygen atoms in total. The number of amides is 1. The van der Waals surface area contributed by atoms with Crippen LogP contribution in [0.5, 0.6) is 0 Å². The molecule has 0 bridgehead atoms. The molecule has 3 rings (SSSR count). The minimum Gasteiger partial charge on any atom is -0.462 e. The van der Waals surface area contributed by atoms with Crippen molar-refractivity contribution in [1.82, 2.24) is 4.31 Å². The van der Waals surface area contributed by atoms with Crippen LogP contribution < -0.4 is 5.32 Å². The van der Waals surface area contributed by atoms with Crippen LogP contribution in [0.2, 0.25) is 5.02 Å². The number of hydrogen-bond acceptors (Lipinski definition) is 6. The summed E-state index contributed by atoms with van der Waals surface area (Å²) in [5, 5.41) is 5.13. The molecule has 0 spiro atoms. The van der Waals surface area contributed by atoms with Crippen LogP contribution in [0.15, 0.2) is 40.6 Å². The van der Waals surface area contributed by atoms with Gasteiger partial charge in [0.15, 0.2) is 0 Å². The van der Waals surface area contributed by atoms with E-state index in [1.807, 2.05) is 0 Å². The molecule has 1 amide bonds. The number of rotatable bonds is 6. The largest absolute Gasteiger partial charge is 0.462 e. The molecule has 10 heteroatoms. The molecule has 1 aliphatic heterocycles. The second-order valence-electron chi connectivity index (χ2n) is 6.10. The number of esters is 1. The van der Waals surface area contributed by atoms with Crippen LogP contribution in [0, 0.1) is 0 Å². The third-order valence-corrected chi connectivity index (χ3v) is 7.33. The Bertz CT molecular complexity index is 972. The SMILES string of the molecule is CCOC(=O)c1ccsc1NC(=O)C1CCCN1S(=O)(=O)c1ccc(Cl)cc1. The quantitative estimate of drug-likeness (QED) is 0.692. The van der Waals surface area contributed by atoms with Crippen molar-refractivity contribution < 1.29 is 22.7 Å². The number of ether oxygens (including phenoxy) is 1. The fourth-order valence-electron chi connectivity index (χ4n) is 3.00. The molecule has 1 aromatic heterocycles. The number of carbonyl (C=O) groups excluding carboxylic acids is 2. The lowest BCUT2D eigenvalue weighted by Crippen LogP contribution is -2.43. The van der Waals surface area contributed by atoms with Crippen LogP contribution in [0.1, 0.15) is 30.1 Å². The molecule has 150 valence electrons. The number of nitrogens with zero attached hydrogens (tertiary/aromatic N) is 1. The van der Waals surface area contributed by atoms with E-state index in [0.29, 0.717) is 22.9 Å². The first-order valence-corrected chi connectivity index (χ1v) is 11.4. The Hall–Kier alpha value is -1.94. The predicted molar refractivity (Wildman–Crippen MR) is 107 cm³/mol. The summed E-state index contributed by atoms with van der Waals surface area (Å²) in [6.45, 7) is 2.16. The van der Waals surface area contributed by atoms with Gasteiger partial charge in [0.2, 0.25) is 15.9 Å². The minimum atomic E-state index is -3.84. The number of halogens is 1. The molecule has 2 aromatic rings. The van der Waals surface area contributed by atoms with Gasteiger partial charge in [0, 0.05) is 11.6 Å². The summed E-state index contributed by atoms with van der Waals surface area (Å²) < 4.78 is 32.1. The van der Waals surface area contributed by atoms with Crippen LogP contribution in [-0.2, 0) is 19.6 Å². The van der Waals surface area contributed by atoms with Gasteiger partial charge in [-0.05, 0) is 55.5 Å². The highest BCUT2D eigenvalue weighted by Gasteiger charge is 2.39. The summed E-state index contributed by atoms with van der Waals surface area (Å²) >= 11 is 7.02. The third-order valence-electron chi connectivity index (χ3n) is 4.32. The Morgan fingerprint density at radius 2 is 2.00 bits per heavy atom. The average Bonchev–Trinajstić information content (AvgIpc) is 3.32. The topological polar surface area (TPSA) is 92.8 Å². The van der Waals surface area contributed by atoms with Gasteiger partial charge in [-0.2, -0.15) is 4.31 Å². The number of benzene rings is 1. The van der Waals surface area contributed by atoms with Gasteiger partial charge < -0.3 is 10.1 Å². The van der Waals surface area contributed by atoms with Crippen molar-refractivity contribution >= 4 is 49.8 Å². The summed E-state index contributed by atoms with van der Waals surface area (Å²) in [6, 6.07) is 6.55. The first kappa shape index (κ1) is 20.8. The standard InChI is InChI=1S/C18H19ClN2O5S2/c1-2-26-18(23)14-9-11-27-17(14)20-16(22)15-4-3-10-21(15)28(24,25)13-7-5-12(19)6-8-13/h5-9,11,15H,2-4,10H2,1H3,(H,20,22). The van der Waals surface area contributed by atoms with Gasteiger partial charge in [-0.1, -0.05) is 11.6 Å². The first-order chi connectivity index (χ1) is 13.3. The maximum absolute atomic E-state index is 13.0. The number of hydrogen-bond donors (Lipinski definition) is 1. The van der Waals surface area contributed by atoms with Crippen LogP contribution in [0.25, 0.3) is 0 Å². The van der Waals surface area contributed by atoms with E-state index in [0.717, 1.165) is 0 Å². The molecule has 1 aromatic carbocycles. The summed E-state index contributed by atoms with van der Waals surface area (Å²) in [7, 11) is -3.84. The molecule has 0 aliphatic carbocycles. The van der Waals surface area contributed by atoms with E-state index in [2.05, 4.69) is 5.32 Å². The van der Waals surface area contributed by atoms with Crippen molar-refractivity contribution in [3.8, 4) is 0 Å². The molecular formula is C18H19ClN2O5S2. The van der Waals surface area contributed by atoms with Crippen molar-refractivity contribution in [2.45, 2.75) is 30.7 Å². The minimum absolute atomic E-state index is 0.0833. The van der Waals surface area contributed by atoms with E-state index in [4.69, 9.17) is 16.3 Å². The van der Waals surface area contributed by atoms with Gasteiger partial charge in [-0.3, -0.25) is 4.79 Å². The maximum atomic E-state index is 13.0. The fraction of sp³-hybridized carbons (Fsp3) is 0.333. The van der Waals surface area contributed by atoms with Crippen LogP contribution in [-0.4, -0.2) is 43.8 Å². The van der Waals surface area contributed by atoms with Crippen molar-refractivity contribution in [3.05, 3.63) is 46.3 Å². The molecular weight excluding hydrogens is 424 g/mol. The first-order valence-electron chi connectivity index (χ1n) is 8.67. The van der Waals surface area contributed by atoms with Gasteiger partial charge >= 0.3 is 5.97 Å². The van der Waals surface area contributed by atoms with Crippen molar-refractivity contribution in [3.63, 3.8) is 0 Å². The molecule has 2 heterocycles. The second-order valence-corrected chi connectivity index (χ2v) is 9.34. The fourth-order valence-corrected chi connectivity index (χ4v) is 5.56. The lowest BCUT2D eigenvalue weighted by atomic mass is 10.2. The van der Waals surface area contributed by atoms with E-state index in [9.17, 15) is 18.0 Å². The van der Waals surface area contributed by atoms with Crippen LogP contribution >= 0.6 is 22.9 Å². The molecule has 1 saturated heterocycles. The normalized spacial score (nSPS) is 17.4. The lowest BCUT2D eigenvalue weighted by molar-refractivity contribution is -0.119. The van der Waals surface area contributed by atoms with Crippen LogP contribution in [0.3, 0.4) is 0 Å². The smallest absolute Gasteiger partial charge is 0.341 e. The summed E-state index contributed by atoms with van der Waals surface area (Å²) in [4.78, 5) is 24.9. The van der Waals surface area contributed by atoms with Crippen molar-refractivity contribution in [2.24, 2.45) is 0 Å². The number of sulfonamides is 1. The molecule has 28 heavy (non-hydrogen) atoms. The van der Waals surface area contributed by atoms with Crippen molar-refractivity contribution in [1.29, 1.82) is 0 Å². The average molecular weight is 443 g/mol. The van der Waals surface area contributed by atoms with Gasteiger partial charge in [0.1, 0.15) is 11.0 Å².